The van der Waals surface area contributed by atoms with Gasteiger partial charge in [-0.2, -0.15) is 0 Å². The Labute approximate surface area is 170 Å². The second-order valence-corrected chi connectivity index (χ2v) is 7.60. The summed E-state index contributed by atoms with van der Waals surface area (Å²) in [6, 6.07) is 0.597. The fourth-order valence-electron chi connectivity index (χ4n) is 3.83. The van der Waals surface area contributed by atoms with E-state index in [-0.39, 0.29) is 30.6 Å². The van der Waals surface area contributed by atoms with Crippen molar-refractivity contribution in [1.29, 1.82) is 0 Å². The van der Waals surface area contributed by atoms with Crippen molar-refractivity contribution >= 4 is 29.9 Å². The highest BCUT2D eigenvalue weighted by molar-refractivity contribution is 14.0. The maximum Gasteiger partial charge on any atom is 0.191 e. The lowest BCUT2D eigenvalue weighted by Gasteiger charge is -2.47. The molecule has 2 bridgehead atoms. The normalized spacial score (nSPS) is 27.1. The number of halogens is 1. The summed E-state index contributed by atoms with van der Waals surface area (Å²) in [6.07, 6.45) is 1.96. The Morgan fingerprint density at radius 1 is 1.20 bits per heavy atom. The van der Waals surface area contributed by atoms with E-state index >= 15 is 0 Å². The molecular formula is C18H38IN5O. The number of aliphatic hydroxyl groups is 1. The molecule has 0 aromatic heterocycles. The highest BCUT2D eigenvalue weighted by Gasteiger charge is 2.31. The first-order chi connectivity index (χ1) is 11.6. The third-order valence-corrected chi connectivity index (χ3v) is 5.09. The highest BCUT2D eigenvalue weighted by atomic mass is 127. The first-order valence-electron chi connectivity index (χ1n) is 9.71. The Balaban J connectivity index is 0.00000312. The Kier molecular flexibility index (Phi) is 11.3. The smallest absolute Gasteiger partial charge is 0.191 e. The van der Waals surface area contributed by atoms with Gasteiger partial charge in [-0.25, -0.2) is 0 Å². The first kappa shape index (κ1) is 22.9. The van der Waals surface area contributed by atoms with Gasteiger partial charge in [-0.3, -0.25) is 14.8 Å². The van der Waals surface area contributed by atoms with E-state index in [4.69, 9.17) is 4.99 Å². The quantitative estimate of drug-likeness (QED) is 0.270. The van der Waals surface area contributed by atoms with Gasteiger partial charge in [0, 0.05) is 65.0 Å². The molecule has 3 N–H and O–H groups in total. The predicted octanol–water partition coefficient (Wildman–Crippen LogP) is 1.20. The van der Waals surface area contributed by atoms with Gasteiger partial charge < -0.3 is 15.7 Å². The average Bonchev–Trinajstić information content (AvgIpc) is 2.58. The van der Waals surface area contributed by atoms with Gasteiger partial charge in [-0.1, -0.05) is 13.8 Å². The summed E-state index contributed by atoms with van der Waals surface area (Å²) in [5, 5.41) is 16.2. The largest absolute Gasteiger partial charge is 0.396 e. The zero-order valence-electron chi connectivity index (χ0n) is 16.2. The number of hydrogen-bond donors (Lipinski definition) is 3. The molecule has 0 aliphatic carbocycles. The van der Waals surface area contributed by atoms with Crippen LogP contribution in [0.2, 0.25) is 0 Å². The van der Waals surface area contributed by atoms with Crippen LogP contribution < -0.4 is 10.6 Å². The topological polar surface area (TPSA) is 63.1 Å². The zero-order valence-corrected chi connectivity index (χ0v) is 18.5. The second-order valence-electron chi connectivity index (χ2n) is 7.60. The minimum atomic E-state index is 0. The van der Waals surface area contributed by atoms with Crippen molar-refractivity contribution < 1.29 is 5.11 Å². The van der Waals surface area contributed by atoms with Crippen LogP contribution in [0.4, 0.5) is 0 Å². The van der Waals surface area contributed by atoms with E-state index in [9.17, 15) is 5.11 Å². The Hall–Kier alpha value is -0.120. The van der Waals surface area contributed by atoms with Gasteiger partial charge in [-0.05, 0) is 31.6 Å². The summed E-state index contributed by atoms with van der Waals surface area (Å²) >= 11 is 0. The van der Waals surface area contributed by atoms with Crippen molar-refractivity contribution in [1.82, 2.24) is 20.4 Å². The van der Waals surface area contributed by atoms with Crippen LogP contribution in [0.25, 0.3) is 0 Å². The molecule has 3 fully saturated rings. The molecule has 3 rings (SSSR count). The van der Waals surface area contributed by atoms with Gasteiger partial charge >= 0.3 is 0 Å². The van der Waals surface area contributed by atoms with Crippen LogP contribution in [0.3, 0.4) is 0 Å². The molecule has 0 aromatic rings. The second kappa shape index (κ2) is 12.3. The lowest BCUT2D eigenvalue weighted by Crippen LogP contribution is -2.63. The minimum absolute atomic E-state index is 0. The Morgan fingerprint density at radius 3 is 2.44 bits per heavy atom. The Morgan fingerprint density at radius 2 is 1.92 bits per heavy atom. The lowest BCUT2D eigenvalue weighted by atomic mass is 9.94. The average molecular weight is 467 g/mol. The van der Waals surface area contributed by atoms with Crippen molar-refractivity contribution in [2.45, 2.75) is 39.7 Å². The molecule has 0 saturated carbocycles. The summed E-state index contributed by atoms with van der Waals surface area (Å²) in [7, 11) is 0. The molecule has 3 aliphatic rings. The van der Waals surface area contributed by atoms with E-state index in [1.165, 1.54) is 32.7 Å². The molecular weight excluding hydrogens is 429 g/mol. The van der Waals surface area contributed by atoms with E-state index in [1.807, 2.05) is 0 Å². The van der Waals surface area contributed by atoms with Crippen molar-refractivity contribution in [3.63, 3.8) is 0 Å². The number of piperazine rings is 3. The number of rotatable bonds is 9. The van der Waals surface area contributed by atoms with Crippen LogP contribution in [-0.4, -0.2) is 85.9 Å². The Bertz CT molecular complexity index is 386. The van der Waals surface area contributed by atoms with Crippen LogP contribution in [0.5, 0.6) is 0 Å². The van der Waals surface area contributed by atoms with Crippen LogP contribution in [0.1, 0.15) is 33.6 Å². The maximum atomic E-state index is 9.26. The summed E-state index contributed by atoms with van der Waals surface area (Å²) < 4.78 is 0. The molecule has 3 aliphatic heterocycles. The number of aliphatic imine (C=N–C) groups is 1. The molecule has 25 heavy (non-hydrogen) atoms. The third kappa shape index (κ3) is 7.97. The van der Waals surface area contributed by atoms with Gasteiger partial charge in [-0.15, -0.1) is 24.0 Å². The van der Waals surface area contributed by atoms with Gasteiger partial charge in [0.15, 0.2) is 5.96 Å². The van der Waals surface area contributed by atoms with E-state index < -0.39 is 0 Å². The molecule has 7 heteroatoms. The molecule has 148 valence electrons. The van der Waals surface area contributed by atoms with Crippen LogP contribution in [0, 0.1) is 11.8 Å². The summed E-state index contributed by atoms with van der Waals surface area (Å²) in [4.78, 5) is 9.95. The standard InChI is InChI=1S/C18H37N5O.HI/c1-4-19-18(20-12-16(5-10-24)11-15(2)3)21-13-17-14-22-6-8-23(17)9-7-22;/h15-17,24H,4-14H2,1-3H3,(H2,19,20,21);1H. The van der Waals surface area contributed by atoms with Crippen molar-refractivity contribution in [3.8, 4) is 0 Å². The van der Waals surface area contributed by atoms with E-state index in [0.29, 0.717) is 17.9 Å². The van der Waals surface area contributed by atoms with Gasteiger partial charge in [0.1, 0.15) is 0 Å². The minimum Gasteiger partial charge on any atom is -0.396 e. The number of nitrogens with zero attached hydrogens (tertiary/aromatic N) is 3. The predicted molar refractivity (Wildman–Crippen MR) is 116 cm³/mol. The van der Waals surface area contributed by atoms with E-state index in [0.717, 1.165) is 38.4 Å². The highest BCUT2D eigenvalue weighted by Crippen LogP contribution is 2.16. The molecule has 0 aromatic carbocycles. The molecule has 3 heterocycles. The van der Waals surface area contributed by atoms with Crippen molar-refractivity contribution in [2.75, 3.05) is 59.0 Å². The molecule has 2 unspecified atom stereocenters. The number of guanidine groups is 1. The molecule has 0 radical (unpaired) electrons. The molecule has 3 saturated heterocycles. The zero-order chi connectivity index (χ0) is 17.4. The molecule has 0 amide bonds. The maximum absolute atomic E-state index is 9.26. The summed E-state index contributed by atoms with van der Waals surface area (Å²) in [6.45, 7) is 15.5. The molecule has 0 spiro atoms. The van der Waals surface area contributed by atoms with E-state index in [1.54, 1.807) is 0 Å². The van der Waals surface area contributed by atoms with Crippen LogP contribution in [-0.2, 0) is 0 Å². The fourth-order valence-corrected chi connectivity index (χ4v) is 3.83. The van der Waals surface area contributed by atoms with Gasteiger partial charge in [0.2, 0.25) is 0 Å². The van der Waals surface area contributed by atoms with Crippen molar-refractivity contribution in [3.05, 3.63) is 0 Å². The third-order valence-electron chi connectivity index (χ3n) is 5.09. The first-order valence-corrected chi connectivity index (χ1v) is 9.71. The fraction of sp³-hybridized carbons (Fsp3) is 0.944. The van der Waals surface area contributed by atoms with Crippen molar-refractivity contribution in [2.24, 2.45) is 16.8 Å². The number of aliphatic hydroxyl groups excluding tert-OH is 1. The monoisotopic (exact) mass is 467 g/mol. The lowest BCUT2D eigenvalue weighted by molar-refractivity contribution is 0.0154. The van der Waals surface area contributed by atoms with Gasteiger partial charge in [0.05, 0.1) is 0 Å². The number of hydrogen-bond acceptors (Lipinski definition) is 4. The number of nitrogens with one attached hydrogen (secondary N) is 2. The summed E-state index contributed by atoms with van der Waals surface area (Å²) in [5.74, 6) is 2.03. The van der Waals surface area contributed by atoms with Crippen LogP contribution >= 0.6 is 24.0 Å². The van der Waals surface area contributed by atoms with Gasteiger partial charge in [0.25, 0.3) is 0 Å². The molecule has 2 atom stereocenters. The number of fused-ring (bicyclic) bond motifs is 3. The SMILES string of the molecule is CCNC(=NCC(CCO)CC(C)C)NCC1CN2CCN1CC2.I. The van der Waals surface area contributed by atoms with Crippen LogP contribution in [0.15, 0.2) is 4.99 Å². The van der Waals surface area contributed by atoms with E-state index in [2.05, 4.69) is 41.2 Å². The summed E-state index contributed by atoms with van der Waals surface area (Å²) in [5.41, 5.74) is 0. The molecule has 6 nitrogen and oxygen atoms in total.